The molecule has 2 aromatic heterocycles. The number of benzene rings is 1. The van der Waals surface area contributed by atoms with Crippen LogP contribution < -0.4 is 0 Å². The van der Waals surface area contributed by atoms with E-state index in [1.54, 1.807) is 18.5 Å². The van der Waals surface area contributed by atoms with Crippen molar-refractivity contribution in [3.8, 4) is 12.3 Å². The highest BCUT2D eigenvalue weighted by molar-refractivity contribution is 5.76. The van der Waals surface area contributed by atoms with Gasteiger partial charge in [-0.1, -0.05) is 30.2 Å². The van der Waals surface area contributed by atoms with E-state index in [-0.39, 0.29) is 0 Å². The third-order valence-corrected chi connectivity index (χ3v) is 2.17. The molecule has 1 aromatic carbocycles. The Hall–Kier alpha value is -2.53. The standard InChI is InChI=1S/C8H6O.C7H5N/c1-2-4-8-7(3-1)5-6-9-8;1-2-7-5-3-4-6-8-7/h1-6H;1,3-6H. The molecule has 0 fully saturated rings. The van der Waals surface area contributed by atoms with Gasteiger partial charge in [-0.25, -0.2) is 4.98 Å². The van der Waals surface area contributed by atoms with Gasteiger partial charge in [0.15, 0.2) is 0 Å². The quantitative estimate of drug-likeness (QED) is 0.543. The van der Waals surface area contributed by atoms with Crippen LogP contribution in [-0.4, -0.2) is 4.98 Å². The lowest BCUT2D eigenvalue weighted by atomic mass is 10.3. The van der Waals surface area contributed by atoms with Crippen molar-refractivity contribution in [2.75, 3.05) is 0 Å². The van der Waals surface area contributed by atoms with Crippen LogP contribution in [0.5, 0.6) is 0 Å². The molecule has 2 nitrogen and oxygen atoms in total. The summed E-state index contributed by atoms with van der Waals surface area (Å²) in [5.74, 6) is 2.42. The highest BCUT2D eigenvalue weighted by atomic mass is 16.3. The second-order valence-corrected chi connectivity index (χ2v) is 3.32. The Morgan fingerprint density at radius 3 is 2.47 bits per heavy atom. The van der Waals surface area contributed by atoms with E-state index < -0.39 is 0 Å². The van der Waals surface area contributed by atoms with Crippen LogP contribution in [0.25, 0.3) is 11.0 Å². The molecule has 0 atom stereocenters. The number of aromatic nitrogens is 1. The van der Waals surface area contributed by atoms with E-state index in [0.29, 0.717) is 5.69 Å². The predicted octanol–water partition coefficient (Wildman–Crippen LogP) is 3.50. The summed E-state index contributed by atoms with van der Waals surface area (Å²) in [5.41, 5.74) is 1.64. The van der Waals surface area contributed by atoms with Crippen LogP contribution >= 0.6 is 0 Å². The minimum Gasteiger partial charge on any atom is -0.464 e. The van der Waals surface area contributed by atoms with Gasteiger partial charge in [0.05, 0.1) is 6.26 Å². The number of hydrogen-bond acceptors (Lipinski definition) is 2. The molecule has 0 spiro atoms. The summed E-state index contributed by atoms with van der Waals surface area (Å²) in [7, 11) is 0. The highest BCUT2D eigenvalue weighted by Crippen LogP contribution is 2.12. The zero-order valence-corrected chi connectivity index (χ0v) is 9.21. The van der Waals surface area contributed by atoms with Gasteiger partial charge in [0.2, 0.25) is 0 Å². The number of pyridine rings is 1. The van der Waals surface area contributed by atoms with Crippen LogP contribution in [-0.2, 0) is 0 Å². The predicted molar refractivity (Wildman–Crippen MR) is 68.4 cm³/mol. The van der Waals surface area contributed by atoms with Crippen LogP contribution in [0.4, 0.5) is 0 Å². The Bertz CT molecular complexity index is 590. The zero-order valence-electron chi connectivity index (χ0n) is 9.21. The van der Waals surface area contributed by atoms with Crippen molar-refractivity contribution in [1.29, 1.82) is 0 Å². The third-order valence-electron chi connectivity index (χ3n) is 2.17. The fraction of sp³-hybridized carbons (Fsp3) is 0. The molecule has 0 amide bonds. The van der Waals surface area contributed by atoms with E-state index in [1.165, 1.54) is 0 Å². The first kappa shape index (κ1) is 11.0. The van der Waals surface area contributed by atoms with Crippen molar-refractivity contribution in [1.82, 2.24) is 4.98 Å². The van der Waals surface area contributed by atoms with Crippen molar-refractivity contribution in [3.05, 3.63) is 66.7 Å². The second-order valence-electron chi connectivity index (χ2n) is 3.32. The maximum absolute atomic E-state index is 5.12. The lowest BCUT2D eigenvalue weighted by Crippen LogP contribution is -1.75. The van der Waals surface area contributed by atoms with Crippen molar-refractivity contribution in [2.24, 2.45) is 0 Å². The van der Waals surface area contributed by atoms with E-state index in [9.17, 15) is 0 Å². The molecule has 0 saturated heterocycles. The fourth-order valence-electron chi connectivity index (χ4n) is 1.35. The van der Waals surface area contributed by atoms with Gasteiger partial charge in [0.25, 0.3) is 0 Å². The molecule has 0 aliphatic rings. The van der Waals surface area contributed by atoms with Crippen LogP contribution in [0.2, 0.25) is 0 Å². The molecule has 0 aliphatic carbocycles. The Labute approximate surface area is 99.9 Å². The Balaban J connectivity index is 0.000000128. The molecular formula is C15H11NO. The van der Waals surface area contributed by atoms with Crippen molar-refractivity contribution in [3.63, 3.8) is 0 Å². The summed E-state index contributed by atoms with van der Waals surface area (Å²) in [5, 5.41) is 1.16. The first-order valence-corrected chi connectivity index (χ1v) is 5.20. The van der Waals surface area contributed by atoms with E-state index in [2.05, 4.69) is 10.9 Å². The van der Waals surface area contributed by atoms with E-state index >= 15 is 0 Å². The maximum atomic E-state index is 5.12. The molecule has 0 unspecified atom stereocenters. The van der Waals surface area contributed by atoms with Gasteiger partial charge in [-0.05, 0) is 24.3 Å². The summed E-state index contributed by atoms with van der Waals surface area (Å²) < 4.78 is 5.12. The van der Waals surface area contributed by atoms with E-state index in [4.69, 9.17) is 10.8 Å². The molecule has 0 saturated carbocycles. The normalized spacial score (nSPS) is 9.12. The number of fused-ring (bicyclic) bond motifs is 1. The van der Waals surface area contributed by atoms with Gasteiger partial charge in [0.1, 0.15) is 11.3 Å². The minimum absolute atomic E-state index is 0.688. The van der Waals surface area contributed by atoms with Crippen LogP contribution in [0.15, 0.2) is 65.4 Å². The number of para-hydroxylation sites is 1. The lowest BCUT2D eigenvalue weighted by Gasteiger charge is -1.81. The minimum atomic E-state index is 0.688. The Morgan fingerprint density at radius 1 is 1.00 bits per heavy atom. The zero-order chi connectivity index (χ0) is 11.9. The third kappa shape index (κ3) is 2.96. The van der Waals surface area contributed by atoms with Crippen LogP contribution in [0, 0.1) is 12.3 Å². The van der Waals surface area contributed by atoms with Gasteiger partial charge < -0.3 is 4.42 Å². The molecular weight excluding hydrogens is 210 g/mol. The molecule has 2 heteroatoms. The number of nitrogens with zero attached hydrogens (tertiary/aromatic N) is 1. The van der Waals surface area contributed by atoms with Gasteiger partial charge in [-0.15, -0.1) is 6.42 Å². The Morgan fingerprint density at radius 2 is 1.82 bits per heavy atom. The first-order chi connectivity index (χ1) is 8.40. The number of furan rings is 1. The van der Waals surface area contributed by atoms with Gasteiger partial charge in [-0.2, -0.15) is 0 Å². The van der Waals surface area contributed by atoms with E-state index in [0.717, 1.165) is 11.0 Å². The van der Waals surface area contributed by atoms with E-state index in [1.807, 2.05) is 42.5 Å². The number of terminal acetylenes is 1. The molecule has 0 aliphatic heterocycles. The smallest absolute Gasteiger partial charge is 0.133 e. The summed E-state index contributed by atoms with van der Waals surface area (Å²) in [4.78, 5) is 3.86. The second kappa shape index (κ2) is 5.53. The topological polar surface area (TPSA) is 26.0 Å². The fourth-order valence-corrected chi connectivity index (χ4v) is 1.35. The molecule has 0 radical (unpaired) electrons. The molecule has 2 heterocycles. The number of hydrogen-bond donors (Lipinski definition) is 0. The molecule has 3 rings (SSSR count). The summed E-state index contributed by atoms with van der Waals surface area (Å²) in [6.07, 6.45) is 8.41. The first-order valence-electron chi connectivity index (χ1n) is 5.20. The molecule has 3 aromatic rings. The number of rotatable bonds is 0. The van der Waals surface area contributed by atoms with Gasteiger partial charge >= 0.3 is 0 Å². The summed E-state index contributed by atoms with van der Waals surface area (Å²) >= 11 is 0. The van der Waals surface area contributed by atoms with Crippen molar-refractivity contribution < 1.29 is 4.42 Å². The van der Waals surface area contributed by atoms with Crippen molar-refractivity contribution >= 4 is 11.0 Å². The molecule has 17 heavy (non-hydrogen) atoms. The maximum Gasteiger partial charge on any atom is 0.133 e. The van der Waals surface area contributed by atoms with Gasteiger partial charge in [0, 0.05) is 11.6 Å². The van der Waals surface area contributed by atoms with Crippen LogP contribution in [0.3, 0.4) is 0 Å². The summed E-state index contributed by atoms with van der Waals surface area (Å²) in [6.45, 7) is 0. The lowest BCUT2D eigenvalue weighted by molar-refractivity contribution is 0.616. The monoisotopic (exact) mass is 221 g/mol. The Kier molecular flexibility index (Phi) is 3.57. The average molecular weight is 221 g/mol. The molecule has 0 N–H and O–H groups in total. The van der Waals surface area contributed by atoms with Crippen molar-refractivity contribution in [2.45, 2.75) is 0 Å². The van der Waals surface area contributed by atoms with Gasteiger partial charge in [-0.3, -0.25) is 0 Å². The molecule has 82 valence electrons. The largest absolute Gasteiger partial charge is 0.464 e. The van der Waals surface area contributed by atoms with Crippen LogP contribution in [0.1, 0.15) is 5.69 Å². The average Bonchev–Trinajstić information content (AvgIpc) is 2.89. The highest BCUT2D eigenvalue weighted by Gasteiger charge is 1.89. The molecule has 0 bridgehead atoms. The summed E-state index contributed by atoms with van der Waals surface area (Å²) in [6, 6.07) is 15.4. The SMILES string of the molecule is C#Cc1ccccn1.c1ccc2occc2c1.